The van der Waals surface area contributed by atoms with Gasteiger partial charge in [-0.3, -0.25) is 14.9 Å². The first-order valence-corrected chi connectivity index (χ1v) is 9.47. The number of aliphatic hydroxyl groups is 1. The molecule has 0 aliphatic carbocycles. The molecule has 2 rings (SSSR count). The minimum Gasteiger partial charge on any atom is -0.463 e. The number of non-ortho nitro benzene ring substituents is 1. The maximum Gasteiger partial charge on any atom is 0.305 e. The Kier molecular flexibility index (Phi) is 8.22. The maximum absolute atomic E-state index is 11.4. The van der Waals surface area contributed by atoms with Crippen molar-refractivity contribution in [1.29, 1.82) is 0 Å². The van der Waals surface area contributed by atoms with Gasteiger partial charge in [0.05, 0.1) is 11.0 Å². The number of nitrogens with zero attached hydrogens (tertiary/aromatic N) is 3. The van der Waals surface area contributed by atoms with Crippen LogP contribution in [-0.4, -0.2) is 45.4 Å². The van der Waals surface area contributed by atoms with Crippen molar-refractivity contribution in [2.75, 3.05) is 13.2 Å². The number of hydrogen-bond donors (Lipinski definition) is 2. The first-order valence-electron chi connectivity index (χ1n) is 9.47. The van der Waals surface area contributed by atoms with E-state index in [1.54, 1.807) is 12.1 Å². The Labute approximate surface area is 168 Å². The summed E-state index contributed by atoms with van der Waals surface area (Å²) in [5.41, 5.74) is 0.573. The Morgan fingerprint density at radius 3 is 2.62 bits per heavy atom. The molecule has 0 spiro atoms. The number of rotatable bonds is 11. The van der Waals surface area contributed by atoms with E-state index in [9.17, 15) is 20.0 Å². The fourth-order valence-electron chi connectivity index (χ4n) is 2.61. The van der Waals surface area contributed by atoms with Gasteiger partial charge < -0.3 is 19.7 Å². The lowest BCUT2D eigenvalue weighted by Crippen LogP contribution is -2.35. The van der Waals surface area contributed by atoms with Gasteiger partial charge in [0.15, 0.2) is 0 Å². The number of nitro groups is 1. The van der Waals surface area contributed by atoms with Gasteiger partial charge in [-0.15, -0.1) is 0 Å². The number of benzene rings is 1. The molecule has 10 heteroatoms. The van der Waals surface area contributed by atoms with Crippen molar-refractivity contribution in [1.82, 2.24) is 15.5 Å². The van der Waals surface area contributed by atoms with Crippen LogP contribution in [0.5, 0.6) is 0 Å². The minimum atomic E-state index is -0.867. The fourth-order valence-corrected chi connectivity index (χ4v) is 2.61. The molecule has 0 radical (unpaired) electrons. The van der Waals surface area contributed by atoms with E-state index in [-0.39, 0.29) is 36.8 Å². The van der Waals surface area contributed by atoms with Gasteiger partial charge in [-0.05, 0) is 24.5 Å². The third-order valence-corrected chi connectivity index (χ3v) is 4.17. The molecule has 0 saturated carbocycles. The summed E-state index contributed by atoms with van der Waals surface area (Å²) in [5.74, 6) is 0.395. The minimum absolute atomic E-state index is 0.0205. The second kappa shape index (κ2) is 10.6. The molecule has 158 valence electrons. The molecule has 29 heavy (non-hydrogen) atoms. The van der Waals surface area contributed by atoms with Gasteiger partial charge in [-0.1, -0.05) is 25.9 Å². The van der Waals surface area contributed by atoms with Crippen LogP contribution in [0.1, 0.15) is 45.5 Å². The molecule has 0 aliphatic rings. The lowest BCUT2D eigenvalue weighted by Gasteiger charge is -2.20. The molecule has 0 amide bonds. The molecule has 10 nitrogen and oxygen atoms in total. The average Bonchev–Trinajstić information content (AvgIpc) is 3.16. The lowest BCUT2D eigenvalue weighted by molar-refractivity contribution is -0.384. The third kappa shape index (κ3) is 6.61. The van der Waals surface area contributed by atoms with E-state index in [1.807, 2.05) is 20.8 Å². The number of nitro benzene ring substituents is 1. The van der Waals surface area contributed by atoms with Crippen LogP contribution in [-0.2, 0) is 9.53 Å². The number of aromatic nitrogens is 2. The normalized spacial score (nSPS) is 13.3. The molecular weight excluding hydrogens is 380 g/mol. The highest BCUT2D eigenvalue weighted by molar-refractivity contribution is 5.69. The Hall–Kier alpha value is -2.85. The summed E-state index contributed by atoms with van der Waals surface area (Å²) in [4.78, 5) is 26.0. The highest BCUT2D eigenvalue weighted by Crippen LogP contribution is 2.24. The highest BCUT2D eigenvalue weighted by Gasteiger charge is 2.24. The highest BCUT2D eigenvalue weighted by atomic mass is 16.6. The van der Waals surface area contributed by atoms with Crippen LogP contribution in [0.4, 0.5) is 5.69 Å². The van der Waals surface area contributed by atoms with Gasteiger partial charge in [0.2, 0.25) is 11.7 Å². The summed E-state index contributed by atoms with van der Waals surface area (Å²) >= 11 is 0. The molecule has 2 aromatic rings. The molecule has 1 aromatic carbocycles. The molecule has 0 bridgehead atoms. The fraction of sp³-hybridized carbons (Fsp3) is 0.526. The lowest BCUT2D eigenvalue weighted by atomic mass is 10.0. The molecule has 1 aromatic heterocycles. The van der Waals surface area contributed by atoms with Crippen molar-refractivity contribution in [3.63, 3.8) is 0 Å². The summed E-state index contributed by atoms with van der Waals surface area (Å²) in [5, 5.41) is 27.9. The molecule has 0 saturated heterocycles. The maximum atomic E-state index is 11.4. The van der Waals surface area contributed by atoms with E-state index in [1.165, 1.54) is 12.1 Å². The van der Waals surface area contributed by atoms with Crippen LogP contribution in [0, 0.1) is 16.0 Å². The van der Waals surface area contributed by atoms with Crippen molar-refractivity contribution in [2.45, 2.75) is 45.8 Å². The first-order chi connectivity index (χ1) is 13.8. The van der Waals surface area contributed by atoms with Crippen molar-refractivity contribution >= 4 is 11.7 Å². The first kappa shape index (κ1) is 22.4. The molecule has 2 atom stereocenters. The van der Waals surface area contributed by atoms with E-state index in [0.717, 1.165) is 0 Å². The number of ether oxygens (including phenoxy) is 1. The molecule has 0 unspecified atom stereocenters. The number of carbonyl (C=O) groups is 1. The van der Waals surface area contributed by atoms with Crippen LogP contribution in [0.25, 0.3) is 11.4 Å². The molecule has 1 heterocycles. The predicted octanol–water partition coefficient (Wildman–Crippen LogP) is 2.64. The smallest absolute Gasteiger partial charge is 0.305 e. The second-order valence-corrected chi connectivity index (χ2v) is 6.98. The number of esters is 1. The number of hydrogen-bond acceptors (Lipinski definition) is 9. The number of aliphatic hydroxyl groups excluding tert-OH is 1. The Morgan fingerprint density at radius 1 is 1.34 bits per heavy atom. The average molecular weight is 406 g/mol. The van der Waals surface area contributed by atoms with Gasteiger partial charge in [-0.25, -0.2) is 0 Å². The van der Waals surface area contributed by atoms with Gasteiger partial charge in [0.1, 0.15) is 12.7 Å². The number of nitrogens with one attached hydrogen (secondary N) is 1. The molecule has 0 aliphatic heterocycles. The molecule has 2 N–H and O–H groups in total. The van der Waals surface area contributed by atoms with Crippen LogP contribution in [0.2, 0.25) is 0 Å². The SMILES string of the molecule is CCCC(=O)OC[C@@H](O)CN[C@@H](c1nc(-c2ccc([N+](=O)[O-])cc2)no1)C(C)C. The zero-order valence-corrected chi connectivity index (χ0v) is 16.7. The Bertz CT molecular complexity index is 805. The quantitative estimate of drug-likeness (QED) is 0.327. The van der Waals surface area contributed by atoms with Gasteiger partial charge in [-0.2, -0.15) is 4.98 Å². The summed E-state index contributed by atoms with van der Waals surface area (Å²) < 4.78 is 10.4. The number of carbonyl (C=O) groups excluding carboxylic acids is 1. The topological polar surface area (TPSA) is 141 Å². The van der Waals surface area contributed by atoms with Gasteiger partial charge >= 0.3 is 5.97 Å². The van der Waals surface area contributed by atoms with Gasteiger partial charge in [0, 0.05) is 30.7 Å². The Morgan fingerprint density at radius 2 is 2.03 bits per heavy atom. The summed E-state index contributed by atoms with van der Waals surface area (Å²) in [6, 6.07) is 5.53. The standard InChI is InChI=1S/C19H26N4O6/c1-4-5-16(25)28-11-15(24)10-20-17(12(2)3)19-21-18(22-29-19)13-6-8-14(9-7-13)23(26)27/h6-9,12,15,17,20,24H,4-5,10-11H2,1-3H3/t15-,17+/m0/s1. The second-order valence-electron chi connectivity index (χ2n) is 6.98. The van der Waals surface area contributed by atoms with Crippen LogP contribution < -0.4 is 5.32 Å². The van der Waals surface area contributed by atoms with Crippen molar-refractivity contribution in [3.8, 4) is 11.4 Å². The van der Waals surface area contributed by atoms with Crippen LogP contribution in [0.3, 0.4) is 0 Å². The van der Waals surface area contributed by atoms with E-state index >= 15 is 0 Å². The summed E-state index contributed by atoms with van der Waals surface area (Å²) in [6.07, 6.45) is 0.146. The van der Waals surface area contributed by atoms with Crippen molar-refractivity contribution in [3.05, 3.63) is 40.3 Å². The summed E-state index contributed by atoms with van der Waals surface area (Å²) in [6.45, 7) is 5.88. The largest absolute Gasteiger partial charge is 0.463 e. The van der Waals surface area contributed by atoms with E-state index in [4.69, 9.17) is 9.26 Å². The van der Waals surface area contributed by atoms with Crippen LogP contribution in [0.15, 0.2) is 28.8 Å². The van der Waals surface area contributed by atoms with E-state index in [2.05, 4.69) is 15.5 Å². The third-order valence-electron chi connectivity index (χ3n) is 4.17. The zero-order valence-electron chi connectivity index (χ0n) is 16.7. The van der Waals surface area contributed by atoms with Crippen LogP contribution >= 0.6 is 0 Å². The molecule has 0 fully saturated rings. The van der Waals surface area contributed by atoms with E-state index in [0.29, 0.717) is 30.1 Å². The van der Waals surface area contributed by atoms with Crippen molar-refractivity contribution < 1.29 is 24.1 Å². The van der Waals surface area contributed by atoms with Crippen molar-refractivity contribution in [2.24, 2.45) is 5.92 Å². The zero-order chi connectivity index (χ0) is 21.4. The molecular formula is C19H26N4O6. The van der Waals surface area contributed by atoms with E-state index < -0.39 is 11.0 Å². The Balaban J connectivity index is 1.99. The summed E-state index contributed by atoms with van der Waals surface area (Å²) in [7, 11) is 0. The van der Waals surface area contributed by atoms with Gasteiger partial charge in [0.25, 0.3) is 5.69 Å². The predicted molar refractivity (Wildman–Crippen MR) is 104 cm³/mol. The monoisotopic (exact) mass is 406 g/mol.